The van der Waals surface area contributed by atoms with Crippen molar-refractivity contribution in [1.82, 2.24) is 5.32 Å². The number of benzene rings is 1. The van der Waals surface area contributed by atoms with E-state index < -0.39 is 23.3 Å². The number of carbonyl (C=O) groups is 3. The van der Waals surface area contributed by atoms with Crippen LogP contribution in [0.1, 0.15) is 33.3 Å². The molecule has 0 radical (unpaired) electrons. The predicted molar refractivity (Wildman–Crippen MR) is 94.7 cm³/mol. The number of amides is 2. The zero-order chi connectivity index (χ0) is 18.1. The second-order valence-corrected chi connectivity index (χ2v) is 8.23. The summed E-state index contributed by atoms with van der Waals surface area (Å²) in [5.74, 6) is -1.72. The van der Waals surface area contributed by atoms with Gasteiger partial charge in [-0.25, -0.2) is 0 Å². The summed E-state index contributed by atoms with van der Waals surface area (Å²) in [6, 6.07) is 7.02. The summed E-state index contributed by atoms with van der Waals surface area (Å²) in [5, 5.41) is 2.44. The van der Waals surface area contributed by atoms with E-state index in [1.54, 1.807) is 0 Å². The van der Waals surface area contributed by atoms with Crippen LogP contribution in [-0.2, 0) is 14.4 Å². The van der Waals surface area contributed by atoms with Crippen LogP contribution in [-0.4, -0.2) is 29.7 Å². The minimum Gasteiger partial charge on any atom is -0.353 e. The summed E-state index contributed by atoms with van der Waals surface area (Å²) < 4.78 is 0. The van der Waals surface area contributed by atoms with Crippen LogP contribution in [0.25, 0.3) is 5.57 Å². The van der Waals surface area contributed by atoms with E-state index in [1.165, 1.54) is 0 Å². The molecular weight excluding hydrogens is 316 g/mol. The van der Waals surface area contributed by atoms with E-state index in [4.69, 9.17) is 0 Å². The maximum Gasteiger partial charge on any atom is 0.233 e. The number of Topliss-reactive ketones (excluding diaryl/α,β-unsaturated/α-hetero) is 1. The Hall–Kier alpha value is -2.43. The zero-order valence-electron chi connectivity index (χ0n) is 14.9. The average molecular weight is 338 g/mol. The average Bonchev–Trinajstić information content (AvgIpc) is 3.02. The third-order valence-electron chi connectivity index (χ3n) is 5.60. The molecule has 4 atom stereocenters. The van der Waals surface area contributed by atoms with Crippen molar-refractivity contribution in [3.63, 3.8) is 0 Å². The smallest absolute Gasteiger partial charge is 0.233 e. The first-order chi connectivity index (χ1) is 11.7. The molecule has 0 bridgehead atoms. The Labute approximate surface area is 147 Å². The second kappa shape index (κ2) is 5.04. The summed E-state index contributed by atoms with van der Waals surface area (Å²) in [4.78, 5) is 40.2. The Kier molecular flexibility index (Phi) is 3.24. The maximum absolute atomic E-state index is 13.3. The lowest BCUT2D eigenvalue weighted by atomic mass is 9.79. The first kappa shape index (κ1) is 16.1. The highest BCUT2D eigenvalue weighted by Gasteiger charge is 2.62. The number of nitrogens with one attached hydrogen (secondary N) is 1. The van der Waals surface area contributed by atoms with Crippen LogP contribution in [0.15, 0.2) is 30.3 Å². The molecular formula is C20H22N2O3. The number of nitrogens with zero attached hydrogens (tertiary/aromatic N) is 1. The quantitative estimate of drug-likeness (QED) is 0.797. The molecule has 0 unspecified atom stereocenters. The monoisotopic (exact) mass is 338 g/mol. The van der Waals surface area contributed by atoms with Crippen LogP contribution in [0.2, 0.25) is 0 Å². The van der Waals surface area contributed by atoms with Crippen molar-refractivity contribution in [2.45, 2.75) is 39.8 Å². The number of carbonyl (C=O) groups excluding carboxylic acids is 3. The molecule has 0 aromatic heterocycles. The van der Waals surface area contributed by atoms with Gasteiger partial charge in [0.05, 0.1) is 17.9 Å². The van der Waals surface area contributed by atoms with Crippen LogP contribution in [0, 0.1) is 17.3 Å². The number of imide groups is 1. The van der Waals surface area contributed by atoms with Gasteiger partial charge in [-0.15, -0.1) is 0 Å². The molecule has 5 nitrogen and oxygen atoms in total. The van der Waals surface area contributed by atoms with Crippen LogP contribution < -0.4 is 10.2 Å². The lowest BCUT2D eigenvalue weighted by Crippen LogP contribution is -2.51. The minimum atomic E-state index is -0.626. The third kappa shape index (κ3) is 2.11. The predicted octanol–water partition coefficient (Wildman–Crippen LogP) is 2.16. The molecule has 3 aliphatic heterocycles. The second-order valence-electron chi connectivity index (χ2n) is 8.23. The van der Waals surface area contributed by atoms with Gasteiger partial charge in [0, 0.05) is 16.7 Å². The van der Waals surface area contributed by atoms with E-state index in [1.807, 2.05) is 62.9 Å². The number of rotatable bonds is 1. The molecule has 1 aromatic rings. The van der Waals surface area contributed by atoms with Crippen molar-refractivity contribution in [1.29, 1.82) is 0 Å². The highest BCUT2D eigenvalue weighted by Crippen LogP contribution is 2.49. The van der Waals surface area contributed by atoms with Crippen LogP contribution >= 0.6 is 0 Å². The molecule has 2 fully saturated rings. The van der Waals surface area contributed by atoms with E-state index >= 15 is 0 Å². The molecule has 2 saturated heterocycles. The van der Waals surface area contributed by atoms with Gasteiger partial charge in [-0.3, -0.25) is 19.7 Å². The van der Waals surface area contributed by atoms with Crippen molar-refractivity contribution >= 4 is 28.9 Å². The number of ketones is 1. The fourth-order valence-corrected chi connectivity index (χ4v) is 4.46. The Morgan fingerprint density at radius 3 is 2.40 bits per heavy atom. The Balaban J connectivity index is 1.93. The number of hydrogen-bond acceptors (Lipinski definition) is 4. The van der Waals surface area contributed by atoms with Crippen molar-refractivity contribution in [3.05, 3.63) is 35.9 Å². The van der Waals surface area contributed by atoms with Gasteiger partial charge in [-0.2, -0.15) is 0 Å². The summed E-state index contributed by atoms with van der Waals surface area (Å²) in [6.07, 6.45) is 2.04. The Morgan fingerprint density at radius 1 is 1.08 bits per heavy atom. The maximum atomic E-state index is 13.3. The molecule has 4 rings (SSSR count). The topological polar surface area (TPSA) is 66.5 Å². The Bertz CT molecular complexity index is 834. The molecule has 5 heteroatoms. The summed E-state index contributed by atoms with van der Waals surface area (Å²) in [6.45, 7) is 7.61. The highest BCUT2D eigenvalue weighted by molar-refractivity contribution is 6.12. The van der Waals surface area contributed by atoms with Gasteiger partial charge in [0.1, 0.15) is 6.04 Å². The molecule has 1 N–H and O–H groups in total. The van der Waals surface area contributed by atoms with Gasteiger partial charge >= 0.3 is 0 Å². The fraction of sp³-hybridized carbons (Fsp3) is 0.450. The normalized spacial score (nSPS) is 30.4. The third-order valence-corrected chi connectivity index (χ3v) is 5.60. The summed E-state index contributed by atoms with van der Waals surface area (Å²) >= 11 is 0. The first-order valence-corrected chi connectivity index (χ1v) is 8.67. The van der Waals surface area contributed by atoms with Gasteiger partial charge in [-0.05, 0) is 18.6 Å². The number of para-hydroxylation sites is 1. The molecule has 0 saturated carbocycles. The van der Waals surface area contributed by atoms with E-state index in [9.17, 15) is 14.4 Å². The van der Waals surface area contributed by atoms with Gasteiger partial charge in [-0.1, -0.05) is 45.0 Å². The molecule has 0 spiro atoms. The molecule has 3 heterocycles. The highest BCUT2D eigenvalue weighted by atomic mass is 16.2. The fourth-order valence-electron chi connectivity index (χ4n) is 4.46. The SMILES string of the molecule is CC1=C[C@H]2[C@@H]3C(=O)NC(=O)[C@@H]3[C@H](C(=O)C(C)(C)C)N2c2ccccc21. The minimum absolute atomic E-state index is 0.00222. The largest absolute Gasteiger partial charge is 0.353 e. The molecule has 1 aromatic carbocycles. The Morgan fingerprint density at radius 2 is 1.72 bits per heavy atom. The molecule has 2 amide bonds. The van der Waals surface area contributed by atoms with E-state index in [0.29, 0.717) is 0 Å². The van der Waals surface area contributed by atoms with Crippen molar-refractivity contribution in [3.8, 4) is 0 Å². The van der Waals surface area contributed by atoms with Crippen molar-refractivity contribution < 1.29 is 14.4 Å². The van der Waals surface area contributed by atoms with Gasteiger partial charge in [0.25, 0.3) is 0 Å². The van der Waals surface area contributed by atoms with Crippen LogP contribution in [0.5, 0.6) is 0 Å². The summed E-state index contributed by atoms with van der Waals surface area (Å²) in [7, 11) is 0. The lowest BCUT2D eigenvalue weighted by Gasteiger charge is -2.39. The van der Waals surface area contributed by atoms with Gasteiger partial charge in [0.2, 0.25) is 11.8 Å². The number of anilines is 1. The number of fused-ring (bicyclic) bond motifs is 5. The molecule has 130 valence electrons. The van der Waals surface area contributed by atoms with E-state index in [2.05, 4.69) is 5.32 Å². The van der Waals surface area contributed by atoms with Crippen molar-refractivity contribution in [2.24, 2.45) is 17.3 Å². The van der Waals surface area contributed by atoms with Crippen LogP contribution in [0.3, 0.4) is 0 Å². The number of allylic oxidation sites excluding steroid dienone is 1. The van der Waals surface area contributed by atoms with E-state index in [-0.39, 0.29) is 23.6 Å². The molecule has 0 aliphatic carbocycles. The molecule has 3 aliphatic rings. The standard InChI is InChI=1S/C20H22N2O3/c1-10-9-13-14-15(19(25)21-18(14)24)16(17(23)20(2,3)4)22(13)12-8-6-5-7-11(10)12/h5-9,13-16H,1-4H3,(H,21,24,25)/t13-,14-,15-,16+/m0/s1. The van der Waals surface area contributed by atoms with Crippen molar-refractivity contribution in [2.75, 3.05) is 4.90 Å². The first-order valence-electron chi connectivity index (χ1n) is 8.67. The van der Waals surface area contributed by atoms with Gasteiger partial charge < -0.3 is 4.90 Å². The lowest BCUT2D eigenvalue weighted by molar-refractivity contribution is -0.132. The molecule has 25 heavy (non-hydrogen) atoms. The van der Waals surface area contributed by atoms with Gasteiger partial charge in [0.15, 0.2) is 5.78 Å². The van der Waals surface area contributed by atoms with E-state index in [0.717, 1.165) is 16.8 Å². The zero-order valence-corrected chi connectivity index (χ0v) is 14.9. The summed E-state index contributed by atoms with van der Waals surface area (Å²) in [5.41, 5.74) is 2.47. The van der Waals surface area contributed by atoms with Crippen LogP contribution in [0.4, 0.5) is 5.69 Å². The number of hydrogen-bond donors (Lipinski definition) is 1.